The number of thioether (sulfide) groups is 1. The van der Waals surface area contributed by atoms with Crippen LogP contribution >= 0.6 is 11.8 Å². The van der Waals surface area contributed by atoms with Gasteiger partial charge in [-0.15, -0.1) is 11.8 Å². The quantitative estimate of drug-likeness (QED) is 0.339. The maximum atomic E-state index is 12.6. The number of nitrogens with one attached hydrogen (secondary N) is 1. The summed E-state index contributed by atoms with van der Waals surface area (Å²) in [7, 11) is 0. The van der Waals surface area contributed by atoms with E-state index in [1.807, 2.05) is 37.7 Å². The lowest BCUT2D eigenvalue weighted by Gasteiger charge is -2.10. The molecule has 0 bridgehead atoms. The van der Waals surface area contributed by atoms with E-state index < -0.39 is 0 Å². The Kier molecular flexibility index (Phi) is 6.47. The van der Waals surface area contributed by atoms with Crippen molar-refractivity contribution in [1.29, 1.82) is 0 Å². The van der Waals surface area contributed by atoms with Gasteiger partial charge in [-0.05, 0) is 44.5 Å². The van der Waals surface area contributed by atoms with Gasteiger partial charge in [0.1, 0.15) is 0 Å². The van der Waals surface area contributed by atoms with Crippen molar-refractivity contribution in [2.75, 3.05) is 6.54 Å². The third-order valence-electron chi connectivity index (χ3n) is 5.45. The molecule has 0 aliphatic heterocycles. The van der Waals surface area contributed by atoms with Crippen LogP contribution in [-0.2, 0) is 6.54 Å². The van der Waals surface area contributed by atoms with E-state index in [-0.39, 0.29) is 5.91 Å². The topological polar surface area (TPSA) is 34.0 Å². The van der Waals surface area contributed by atoms with Gasteiger partial charge in [0, 0.05) is 45.9 Å². The van der Waals surface area contributed by atoms with Crippen LogP contribution in [-0.4, -0.2) is 17.0 Å². The van der Waals surface area contributed by atoms with Crippen LogP contribution in [0.3, 0.4) is 0 Å². The van der Waals surface area contributed by atoms with Crippen LogP contribution in [0, 0.1) is 13.8 Å². The molecule has 158 valence electrons. The number of nitrogens with zero attached hydrogens (tertiary/aromatic N) is 1. The molecule has 3 aromatic carbocycles. The second kappa shape index (κ2) is 9.44. The van der Waals surface area contributed by atoms with E-state index in [2.05, 4.69) is 83.7 Å². The van der Waals surface area contributed by atoms with Gasteiger partial charge >= 0.3 is 0 Å². The highest BCUT2D eigenvalue weighted by Gasteiger charge is 2.14. The highest BCUT2D eigenvalue weighted by Crippen LogP contribution is 2.39. The molecule has 4 heteroatoms. The number of fused-ring (bicyclic) bond motifs is 1. The molecule has 1 heterocycles. The van der Waals surface area contributed by atoms with Gasteiger partial charge in [-0.3, -0.25) is 4.79 Å². The molecule has 31 heavy (non-hydrogen) atoms. The van der Waals surface area contributed by atoms with Crippen molar-refractivity contribution in [3.05, 3.63) is 101 Å². The molecule has 1 N–H and O–H groups in total. The summed E-state index contributed by atoms with van der Waals surface area (Å²) in [5.41, 5.74) is 5.46. The first kappa shape index (κ1) is 21.3. The Hall–Kier alpha value is -2.98. The maximum absolute atomic E-state index is 12.6. The molecule has 1 atom stereocenters. The largest absolute Gasteiger partial charge is 0.350 e. The summed E-state index contributed by atoms with van der Waals surface area (Å²) in [6.07, 6.45) is 2.22. The third-order valence-corrected chi connectivity index (χ3v) is 6.65. The van der Waals surface area contributed by atoms with E-state index in [0.717, 1.165) is 23.2 Å². The van der Waals surface area contributed by atoms with Crippen LogP contribution in [0.1, 0.15) is 39.2 Å². The van der Waals surface area contributed by atoms with Crippen molar-refractivity contribution in [3.63, 3.8) is 0 Å². The van der Waals surface area contributed by atoms with E-state index in [1.54, 1.807) is 0 Å². The van der Waals surface area contributed by atoms with Crippen molar-refractivity contribution in [3.8, 4) is 0 Å². The number of aromatic nitrogens is 1. The predicted molar refractivity (Wildman–Crippen MR) is 131 cm³/mol. The number of carbonyl (C=O) groups is 1. The van der Waals surface area contributed by atoms with E-state index in [1.165, 1.54) is 21.4 Å². The highest BCUT2D eigenvalue weighted by atomic mass is 32.2. The standard InChI is InChI=1S/C27H28N2OS/c1-19-15-20(2)17-23(16-19)27(30)28-13-14-29-18-26(24-11-7-8-12-25(24)29)31-21(3)22-9-5-4-6-10-22/h4-12,15-18,21H,13-14H2,1-3H3,(H,28,30). The van der Waals surface area contributed by atoms with E-state index in [0.29, 0.717) is 11.8 Å². The second-order valence-electron chi connectivity index (χ2n) is 8.01. The normalized spacial score (nSPS) is 12.1. The molecule has 0 spiro atoms. The number of hydrogen-bond acceptors (Lipinski definition) is 2. The fourth-order valence-electron chi connectivity index (χ4n) is 3.97. The minimum atomic E-state index is -0.0180. The number of benzene rings is 3. The second-order valence-corrected chi connectivity index (χ2v) is 9.39. The predicted octanol–water partition coefficient (Wildman–Crippen LogP) is 6.54. The molecule has 0 saturated carbocycles. The lowest BCUT2D eigenvalue weighted by atomic mass is 10.1. The Bertz CT molecular complexity index is 1180. The van der Waals surface area contributed by atoms with Gasteiger partial charge in [0.05, 0.1) is 0 Å². The molecule has 1 aromatic heterocycles. The first-order valence-corrected chi connectivity index (χ1v) is 11.5. The van der Waals surface area contributed by atoms with E-state index in [9.17, 15) is 4.79 Å². The summed E-state index contributed by atoms with van der Waals surface area (Å²) in [5, 5.41) is 4.70. The Morgan fingerprint density at radius 2 is 1.65 bits per heavy atom. The number of aryl methyl sites for hydroxylation is 2. The average Bonchev–Trinajstić information content (AvgIpc) is 3.11. The summed E-state index contributed by atoms with van der Waals surface area (Å²) >= 11 is 1.88. The van der Waals surface area contributed by atoms with Gasteiger partial charge in [-0.1, -0.05) is 65.7 Å². The highest BCUT2D eigenvalue weighted by molar-refractivity contribution is 7.99. The Labute approximate surface area is 188 Å². The first-order chi connectivity index (χ1) is 15.0. The average molecular weight is 429 g/mol. The number of rotatable bonds is 7. The molecule has 1 amide bonds. The van der Waals surface area contributed by atoms with E-state index in [4.69, 9.17) is 0 Å². The van der Waals surface area contributed by atoms with Gasteiger partial charge in [-0.2, -0.15) is 0 Å². The summed E-state index contributed by atoms with van der Waals surface area (Å²) < 4.78 is 2.25. The monoisotopic (exact) mass is 428 g/mol. The van der Waals surface area contributed by atoms with Crippen molar-refractivity contribution < 1.29 is 4.79 Å². The molecule has 1 unspecified atom stereocenters. The lowest BCUT2D eigenvalue weighted by Crippen LogP contribution is -2.27. The molecule has 0 saturated heterocycles. The molecule has 4 aromatic rings. The van der Waals surface area contributed by atoms with Crippen LogP contribution in [0.25, 0.3) is 10.9 Å². The van der Waals surface area contributed by atoms with Crippen molar-refractivity contribution >= 4 is 28.6 Å². The molecular formula is C27H28N2OS. The molecule has 0 fully saturated rings. The zero-order chi connectivity index (χ0) is 21.8. The minimum Gasteiger partial charge on any atom is -0.350 e. The Morgan fingerprint density at radius 1 is 0.968 bits per heavy atom. The van der Waals surface area contributed by atoms with Gasteiger partial charge < -0.3 is 9.88 Å². The van der Waals surface area contributed by atoms with Crippen LogP contribution in [0.4, 0.5) is 0 Å². The summed E-state index contributed by atoms with van der Waals surface area (Å²) in [6.45, 7) is 7.60. The molecule has 0 aliphatic rings. The van der Waals surface area contributed by atoms with Crippen molar-refractivity contribution in [2.45, 2.75) is 37.5 Å². The minimum absolute atomic E-state index is 0.0180. The molecule has 4 rings (SSSR count). The number of hydrogen-bond donors (Lipinski definition) is 1. The molecular weight excluding hydrogens is 400 g/mol. The fraction of sp³-hybridized carbons (Fsp3) is 0.222. The molecule has 0 aliphatic carbocycles. The van der Waals surface area contributed by atoms with Crippen LogP contribution < -0.4 is 5.32 Å². The zero-order valence-corrected chi connectivity index (χ0v) is 19.1. The summed E-state index contributed by atoms with van der Waals surface area (Å²) in [4.78, 5) is 13.9. The maximum Gasteiger partial charge on any atom is 0.251 e. The first-order valence-electron chi connectivity index (χ1n) is 10.7. The molecule has 0 radical (unpaired) electrons. The SMILES string of the molecule is Cc1cc(C)cc(C(=O)NCCn2cc(SC(C)c3ccccc3)c3ccccc32)c1. The zero-order valence-electron chi connectivity index (χ0n) is 18.3. The third kappa shape index (κ3) is 5.02. The van der Waals surface area contributed by atoms with Gasteiger partial charge in [0.15, 0.2) is 0 Å². The summed E-state index contributed by atoms with van der Waals surface area (Å²) in [6, 6.07) is 25.0. The van der Waals surface area contributed by atoms with Gasteiger partial charge in [-0.25, -0.2) is 0 Å². The number of amides is 1. The number of carbonyl (C=O) groups excluding carboxylic acids is 1. The van der Waals surface area contributed by atoms with E-state index >= 15 is 0 Å². The molecule has 3 nitrogen and oxygen atoms in total. The van der Waals surface area contributed by atoms with Crippen molar-refractivity contribution in [1.82, 2.24) is 9.88 Å². The van der Waals surface area contributed by atoms with Crippen molar-refractivity contribution in [2.24, 2.45) is 0 Å². The fourth-order valence-corrected chi connectivity index (χ4v) is 5.13. The van der Waals surface area contributed by atoms with Crippen LogP contribution in [0.15, 0.2) is 83.9 Å². The summed E-state index contributed by atoms with van der Waals surface area (Å²) in [5.74, 6) is -0.0180. The van der Waals surface area contributed by atoms with Gasteiger partial charge in [0.2, 0.25) is 0 Å². The Morgan fingerprint density at radius 3 is 2.39 bits per heavy atom. The number of para-hydroxylation sites is 1. The Balaban J connectivity index is 1.47. The smallest absolute Gasteiger partial charge is 0.251 e. The lowest BCUT2D eigenvalue weighted by molar-refractivity contribution is 0.0952. The van der Waals surface area contributed by atoms with Gasteiger partial charge in [0.25, 0.3) is 5.91 Å². The van der Waals surface area contributed by atoms with Crippen LogP contribution in [0.5, 0.6) is 0 Å². The van der Waals surface area contributed by atoms with Crippen LogP contribution in [0.2, 0.25) is 0 Å².